The average Bonchev–Trinajstić information content (AvgIpc) is 2.41. The molecule has 0 N–H and O–H groups in total. The van der Waals surface area contributed by atoms with Crippen LogP contribution < -0.4 is 0 Å². The zero-order valence-electron chi connectivity index (χ0n) is 8.14. The molecule has 1 aliphatic rings. The third-order valence-electron chi connectivity index (χ3n) is 1.57. The topological polar surface area (TPSA) is 48.2 Å². The van der Waals surface area contributed by atoms with Crippen LogP contribution >= 0.6 is 0 Å². The van der Waals surface area contributed by atoms with Gasteiger partial charge in [0.25, 0.3) is 0 Å². The molecular formula is C9H12NO2SV-. The second kappa shape index (κ2) is 5.44. The Labute approximate surface area is 96.8 Å². The van der Waals surface area contributed by atoms with Crippen molar-refractivity contribution < 1.29 is 27.0 Å². The second-order valence-electron chi connectivity index (χ2n) is 2.45. The predicted octanol–water partition coefficient (Wildman–Crippen LogP) is 2.56. The molecule has 1 aromatic rings. The Kier molecular flexibility index (Phi) is 5.27. The summed E-state index contributed by atoms with van der Waals surface area (Å²) >= 11 is 0. The quantitative estimate of drug-likeness (QED) is 0.709. The molecule has 0 amide bonds. The average molecular weight is 249 g/mol. The van der Waals surface area contributed by atoms with Crippen molar-refractivity contribution in [1.29, 1.82) is 0 Å². The number of rotatable bonds is 0. The van der Waals surface area contributed by atoms with Crippen LogP contribution in [0.4, 0.5) is 5.69 Å². The molecule has 0 bridgehead atoms. The van der Waals surface area contributed by atoms with Gasteiger partial charge in [0.1, 0.15) is 0 Å². The van der Waals surface area contributed by atoms with E-state index < -0.39 is 10.0 Å². The second-order valence-corrected chi connectivity index (χ2v) is 4.08. The molecule has 5 heteroatoms. The van der Waals surface area contributed by atoms with Crippen molar-refractivity contribution in [1.82, 2.24) is 0 Å². The molecule has 3 nitrogen and oxygen atoms in total. The van der Waals surface area contributed by atoms with Crippen molar-refractivity contribution >= 4 is 15.7 Å². The number of hydrogen-bond acceptors (Lipinski definition) is 2. The van der Waals surface area contributed by atoms with Gasteiger partial charge in [-0.3, -0.25) is 0 Å². The van der Waals surface area contributed by atoms with E-state index in [-0.39, 0.29) is 24.3 Å². The molecule has 77 valence electrons. The molecule has 0 aliphatic carbocycles. The van der Waals surface area contributed by atoms with Crippen LogP contribution in [-0.4, -0.2) is 8.42 Å². The fraction of sp³-hybridized carbons (Fsp3) is 0.333. The first kappa shape index (κ1) is 13.6. The molecule has 0 spiro atoms. The minimum atomic E-state index is -3.18. The van der Waals surface area contributed by atoms with Crippen molar-refractivity contribution in [2.75, 3.05) is 0 Å². The molecule has 0 saturated heterocycles. The summed E-state index contributed by atoms with van der Waals surface area (Å²) in [6.07, 6.45) is 0. The predicted molar refractivity (Wildman–Crippen MR) is 53.4 cm³/mol. The molecule has 1 aliphatic heterocycles. The van der Waals surface area contributed by atoms with Crippen LogP contribution in [0.3, 0.4) is 0 Å². The van der Waals surface area contributed by atoms with Gasteiger partial charge in [-0.25, -0.2) is 8.42 Å². The first-order chi connectivity index (χ1) is 6.17. The number of fused-ring (bicyclic) bond motifs is 1. The number of nitrogens with zero attached hydrogens (tertiary/aromatic N) is 1. The Bertz CT molecular complexity index is 359. The van der Waals surface area contributed by atoms with E-state index in [9.17, 15) is 8.42 Å². The fourth-order valence-electron chi connectivity index (χ4n) is 1.10. The van der Waals surface area contributed by atoms with Gasteiger partial charge in [0.2, 0.25) is 0 Å². The van der Waals surface area contributed by atoms with Gasteiger partial charge < -0.3 is 4.72 Å². The summed E-state index contributed by atoms with van der Waals surface area (Å²) in [5.74, 6) is 0.0587. The van der Waals surface area contributed by atoms with Gasteiger partial charge in [-0.05, 0) is 5.56 Å². The molecule has 0 saturated carbocycles. The molecule has 0 unspecified atom stereocenters. The molecule has 0 aromatic heterocycles. The SMILES string of the molecule is CC.O=S1(=O)Cc2ccccc2[N-]1.[V]. The van der Waals surface area contributed by atoms with E-state index in [4.69, 9.17) is 0 Å². The van der Waals surface area contributed by atoms with Crippen LogP contribution in [0, 0.1) is 0 Å². The number of sulfonamides is 1. The van der Waals surface area contributed by atoms with Crippen molar-refractivity contribution in [3.05, 3.63) is 34.6 Å². The molecule has 0 atom stereocenters. The summed E-state index contributed by atoms with van der Waals surface area (Å²) in [4.78, 5) is 0. The molecule has 2 rings (SSSR count). The normalized spacial score (nSPS) is 15.3. The molecule has 1 radical (unpaired) electrons. The summed E-state index contributed by atoms with van der Waals surface area (Å²) in [7, 11) is -3.18. The minimum Gasteiger partial charge on any atom is -0.576 e. The monoisotopic (exact) mass is 249 g/mol. The van der Waals surface area contributed by atoms with E-state index in [2.05, 4.69) is 4.72 Å². The van der Waals surface area contributed by atoms with Gasteiger partial charge in [0, 0.05) is 18.6 Å². The van der Waals surface area contributed by atoms with Gasteiger partial charge in [0.05, 0.1) is 15.8 Å². The standard InChI is InChI=1S/C7H6NO2S.C2H6.V/c9-11(10)5-6-3-1-2-4-7(6)8-11;1-2;/h1-4H,5H2;1-2H3;/q-1;;. The van der Waals surface area contributed by atoms with Gasteiger partial charge in [-0.15, -0.1) is 5.69 Å². The van der Waals surface area contributed by atoms with Crippen molar-refractivity contribution in [2.45, 2.75) is 19.6 Å². The van der Waals surface area contributed by atoms with Crippen molar-refractivity contribution in [3.8, 4) is 0 Å². The van der Waals surface area contributed by atoms with E-state index in [1.54, 1.807) is 18.2 Å². The minimum absolute atomic E-state index is 0. The summed E-state index contributed by atoms with van der Waals surface area (Å²) in [5.41, 5.74) is 1.39. The van der Waals surface area contributed by atoms with Gasteiger partial charge in [-0.1, -0.05) is 38.1 Å². The Morgan fingerprint density at radius 1 is 1.21 bits per heavy atom. The first-order valence-electron chi connectivity index (χ1n) is 4.21. The van der Waals surface area contributed by atoms with Crippen LogP contribution in [0.1, 0.15) is 19.4 Å². The van der Waals surface area contributed by atoms with E-state index in [1.165, 1.54) is 0 Å². The third kappa shape index (κ3) is 3.05. The Balaban J connectivity index is 0.000000531. The van der Waals surface area contributed by atoms with Gasteiger partial charge >= 0.3 is 0 Å². The smallest absolute Gasteiger partial charge is 0.0979 e. The first-order valence-corrected chi connectivity index (χ1v) is 5.82. The maximum Gasteiger partial charge on any atom is 0.0979 e. The van der Waals surface area contributed by atoms with E-state index in [0.29, 0.717) is 5.69 Å². The van der Waals surface area contributed by atoms with Crippen LogP contribution in [0.25, 0.3) is 4.72 Å². The van der Waals surface area contributed by atoms with Crippen molar-refractivity contribution in [2.24, 2.45) is 0 Å². The number of hydrogen-bond donors (Lipinski definition) is 0. The van der Waals surface area contributed by atoms with Crippen LogP contribution in [0.2, 0.25) is 0 Å². The van der Waals surface area contributed by atoms with Crippen LogP contribution in [0.15, 0.2) is 24.3 Å². The zero-order chi connectivity index (χ0) is 9.90. The molecule has 14 heavy (non-hydrogen) atoms. The Hall–Kier alpha value is -0.446. The fourth-order valence-corrected chi connectivity index (χ4v) is 2.28. The van der Waals surface area contributed by atoms with E-state index >= 15 is 0 Å². The molecule has 1 heterocycles. The maximum absolute atomic E-state index is 10.9. The zero-order valence-corrected chi connectivity index (χ0v) is 10.3. The summed E-state index contributed by atoms with van der Waals surface area (Å²) in [5, 5.41) is 0. The molecule has 0 fully saturated rings. The van der Waals surface area contributed by atoms with E-state index in [0.717, 1.165) is 5.56 Å². The summed E-state index contributed by atoms with van der Waals surface area (Å²) < 4.78 is 25.4. The third-order valence-corrected chi connectivity index (χ3v) is 2.72. The van der Waals surface area contributed by atoms with Crippen LogP contribution in [-0.2, 0) is 34.3 Å². The maximum atomic E-state index is 10.9. The van der Waals surface area contributed by atoms with E-state index in [1.807, 2.05) is 19.9 Å². The summed E-state index contributed by atoms with van der Waals surface area (Å²) in [6.45, 7) is 4.00. The van der Waals surface area contributed by atoms with Gasteiger partial charge in [-0.2, -0.15) is 0 Å². The molecular weight excluding hydrogens is 237 g/mol. The van der Waals surface area contributed by atoms with Crippen molar-refractivity contribution in [3.63, 3.8) is 0 Å². The Morgan fingerprint density at radius 3 is 2.36 bits per heavy atom. The number of benzene rings is 1. The molecule has 1 aromatic carbocycles. The largest absolute Gasteiger partial charge is 0.576 e. The summed E-state index contributed by atoms with van der Waals surface area (Å²) in [6, 6.07) is 7.08. The van der Waals surface area contributed by atoms with Crippen LogP contribution in [0.5, 0.6) is 0 Å². The Morgan fingerprint density at radius 2 is 1.79 bits per heavy atom. The van der Waals surface area contributed by atoms with Gasteiger partial charge in [0.15, 0.2) is 0 Å².